The second-order valence-corrected chi connectivity index (χ2v) is 9.01. The van der Waals surface area contributed by atoms with Crippen molar-refractivity contribution in [1.29, 1.82) is 0 Å². The van der Waals surface area contributed by atoms with E-state index in [0.717, 1.165) is 47.9 Å². The summed E-state index contributed by atoms with van der Waals surface area (Å²) in [6.07, 6.45) is -2.50. The summed E-state index contributed by atoms with van der Waals surface area (Å²) in [5.74, 6) is 1.57. The number of nitrogens with two attached hydrogens (primary N) is 1. The minimum Gasteiger partial charge on any atom is -0.378 e. The Hall–Kier alpha value is -3.08. The number of rotatable bonds is 5. The first kappa shape index (κ1) is 23.7. The highest BCUT2D eigenvalue weighted by molar-refractivity contribution is 6.30. The van der Waals surface area contributed by atoms with Crippen LogP contribution in [0.5, 0.6) is 0 Å². The van der Waals surface area contributed by atoms with Crippen molar-refractivity contribution in [2.75, 3.05) is 49.6 Å². The Bertz CT molecular complexity index is 1150. The van der Waals surface area contributed by atoms with Crippen molar-refractivity contribution in [3.63, 3.8) is 0 Å². The summed E-state index contributed by atoms with van der Waals surface area (Å²) < 4.78 is 46.3. The highest BCUT2D eigenvalue weighted by Gasteiger charge is 2.34. The predicted molar refractivity (Wildman–Crippen MR) is 128 cm³/mol. The van der Waals surface area contributed by atoms with E-state index in [4.69, 9.17) is 16.3 Å². The molecule has 0 aromatic heterocycles. The molecule has 3 aliphatic heterocycles. The van der Waals surface area contributed by atoms with Gasteiger partial charge in [-0.05, 0) is 42.0 Å². The van der Waals surface area contributed by atoms with Crippen molar-refractivity contribution >= 4 is 23.0 Å². The van der Waals surface area contributed by atoms with Crippen molar-refractivity contribution < 1.29 is 23.3 Å². The van der Waals surface area contributed by atoms with Crippen LogP contribution in [0.25, 0.3) is 0 Å². The number of nitrogens with zero attached hydrogens (tertiary/aromatic N) is 2. The number of halogens is 4. The van der Waals surface area contributed by atoms with E-state index in [2.05, 4.69) is 33.1 Å². The summed E-state index contributed by atoms with van der Waals surface area (Å²) in [5, 5.41) is 6.99. The number of alkyl halides is 3. The summed E-state index contributed by atoms with van der Waals surface area (Å²) in [4.78, 5) is 4.21. The van der Waals surface area contributed by atoms with Crippen LogP contribution in [0.4, 0.5) is 24.5 Å². The van der Waals surface area contributed by atoms with Gasteiger partial charge in [0.25, 0.3) is 0 Å². The molecule has 5 rings (SSSR count). The van der Waals surface area contributed by atoms with Crippen molar-refractivity contribution in [2.24, 2.45) is 0 Å². The molecule has 1 saturated heterocycles. The van der Waals surface area contributed by atoms with Gasteiger partial charge < -0.3 is 25.2 Å². The fourth-order valence-corrected chi connectivity index (χ4v) is 4.69. The van der Waals surface area contributed by atoms with Gasteiger partial charge in [-0.2, -0.15) is 18.6 Å². The van der Waals surface area contributed by atoms with Gasteiger partial charge in [0.15, 0.2) is 5.82 Å². The molecule has 186 valence electrons. The summed E-state index contributed by atoms with van der Waals surface area (Å²) >= 11 is 6.04. The van der Waals surface area contributed by atoms with Gasteiger partial charge in [0.05, 0.1) is 24.5 Å². The average Bonchev–Trinajstić information content (AvgIpc) is 2.84. The first-order valence-corrected chi connectivity index (χ1v) is 11.8. The second kappa shape index (κ2) is 9.88. The normalized spacial score (nSPS) is 18.5. The van der Waals surface area contributed by atoms with E-state index >= 15 is 0 Å². The van der Waals surface area contributed by atoms with Crippen LogP contribution in [0.2, 0.25) is 5.02 Å². The van der Waals surface area contributed by atoms with Crippen molar-refractivity contribution in [2.45, 2.75) is 12.7 Å². The molecule has 0 spiro atoms. The molecule has 3 aliphatic rings. The number of anilines is 2. The molecule has 0 unspecified atom stereocenters. The smallest absolute Gasteiger partial charge is 0.378 e. The molecule has 2 aromatic carbocycles. The number of nitrogens with one attached hydrogen (secondary N) is 3. The third-order valence-corrected chi connectivity index (χ3v) is 6.42. The maximum absolute atomic E-state index is 13.6. The van der Waals surface area contributed by atoms with Crippen molar-refractivity contribution in [1.82, 2.24) is 15.6 Å². The van der Waals surface area contributed by atoms with Crippen LogP contribution in [0, 0.1) is 0 Å². The van der Waals surface area contributed by atoms with Crippen LogP contribution in [-0.2, 0) is 17.5 Å². The summed E-state index contributed by atoms with van der Waals surface area (Å²) in [6, 6.07) is 11.9. The maximum atomic E-state index is 13.6. The number of quaternary nitrogens is 1. The van der Waals surface area contributed by atoms with E-state index in [0.29, 0.717) is 26.3 Å². The Kier molecular flexibility index (Phi) is 6.68. The molecule has 0 radical (unpaired) electrons. The lowest BCUT2D eigenvalue weighted by Gasteiger charge is -2.35. The summed E-state index contributed by atoms with van der Waals surface area (Å²) in [5.41, 5.74) is 7.39. The second-order valence-electron chi connectivity index (χ2n) is 8.57. The third kappa shape index (κ3) is 5.44. The number of hydrogen-bond donors (Lipinski definition) is 4. The van der Waals surface area contributed by atoms with Gasteiger partial charge in [-0.3, -0.25) is 0 Å². The molecule has 3 heterocycles. The largest absolute Gasteiger partial charge is 0.416 e. The highest BCUT2D eigenvalue weighted by atomic mass is 35.5. The minimum atomic E-state index is -4.45. The van der Waals surface area contributed by atoms with Gasteiger partial charge in [-0.25, -0.2) is 5.43 Å². The molecule has 0 bridgehead atoms. The Labute approximate surface area is 206 Å². The molecule has 0 saturated carbocycles. The van der Waals surface area contributed by atoms with E-state index in [1.165, 1.54) is 12.1 Å². The molecular weight excluding hydrogens is 481 g/mol. The fourth-order valence-electron chi connectivity index (χ4n) is 4.49. The fraction of sp³-hybridized carbons (Fsp3) is 0.333. The maximum Gasteiger partial charge on any atom is 0.416 e. The zero-order valence-electron chi connectivity index (χ0n) is 19.0. The molecule has 0 aliphatic carbocycles. The van der Waals surface area contributed by atoms with Gasteiger partial charge in [0.1, 0.15) is 0 Å². The van der Waals surface area contributed by atoms with Gasteiger partial charge >= 0.3 is 6.18 Å². The highest BCUT2D eigenvalue weighted by Crippen LogP contribution is 2.34. The van der Waals surface area contributed by atoms with E-state index in [-0.39, 0.29) is 17.1 Å². The quantitative estimate of drug-likeness (QED) is 0.467. The lowest BCUT2D eigenvalue weighted by atomic mass is 10.1. The van der Waals surface area contributed by atoms with Crippen molar-refractivity contribution in [3.8, 4) is 0 Å². The van der Waals surface area contributed by atoms with Gasteiger partial charge in [-0.15, -0.1) is 0 Å². The van der Waals surface area contributed by atoms with Gasteiger partial charge in [0.2, 0.25) is 5.82 Å². The zero-order valence-corrected chi connectivity index (χ0v) is 19.7. The molecule has 0 amide bonds. The van der Waals surface area contributed by atoms with E-state index in [9.17, 15) is 13.2 Å². The Morgan fingerprint density at radius 3 is 2.71 bits per heavy atom. The molecule has 7 nitrogen and oxygen atoms in total. The number of ether oxygens (including phenoxy) is 1. The number of benzene rings is 2. The zero-order chi connectivity index (χ0) is 24.4. The monoisotopic (exact) mass is 507 g/mol. The number of morpholine rings is 1. The standard InChI is InChI=1S/C24H26ClF3N6O/c25-17-4-5-20(24(26,27)28)16(12-17)15-34-7-6-29-23-21(34)14-22(31-32-23)30-18-2-1-3-19(13-18)33-8-10-35-11-9-33/h1-5,12-14,29-32H,6-11,15H2/p+1. The van der Waals surface area contributed by atoms with E-state index in [1.54, 1.807) is 0 Å². The Morgan fingerprint density at radius 2 is 1.91 bits per heavy atom. The summed E-state index contributed by atoms with van der Waals surface area (Å²) in [6.45, 7) is 4.38. The Morgan fingerprint density at radius 1 is 1.09 bits per heavy atom. The number of hydrogen-bond acceptors (Lipinski definition) is 6. The van der Waals surface area contributed by atoms with Crippen LogP contribution in [-0.4, -0.2) is 44.3 Å². The molecule has 5 N–H and O–H groups in total. The van der Waals surface area contributed by atoms with Crippen LogP contribution in [0.3, 0.4) is 0 Å². The van der Waals surface area contributed by atoms with Crippen LogP contribution < -0.4 is 26.4 Å². The van der Waals surface area contributed by atoms with Crippen molar-refractivity contribution in [3.05, 3.63) is 82.0 Å². The molecule has 2 aromatic rings. The molecule has 0 atom stereocenters. The first-order chi connectivity index (χ1) is 16.9. The third-order valence-electron chi connectivity index (χ3n) is 6.19. The molecular formula is C24H27ClF3N6O+. The van der Waals surface area contributed by atoms with Crippen LogP contribution >= 0.6 is 11.6 Å². The van der Waals surface area contributed by atoms with E-state index < -0.39 is 11.7 Å². The SMILES string of the molecule is FC(F)(F)c1ccc(Cl)cc1CN1CCNC2=C1C=C(Nc1cccc(N3CCOCC3)c1)[NH2+]N2. The molecule has 1 fully saturated rings. The predicted octanol–water partition coefficient (Wildman–Crippen LogP) is 2.80. The van der Waals surface area contributed by atoms with Gasteiger partial charge in [0, 0.05) is 55.2 Å². The summed E-state index contributed by atoms with van der Waals surface area (Å²) in [7, 11) is 0. The molecule has 11 heteroatoms. The van der Waals surface area contributed by atoms with Crippen LogP contribution in [0.1, 0.15) is 11.1 Å². The first-order valence-electron chi connectivity index (χ1n) is 11.5. The Balaban J connectivity index is 1.36. The minimum absolute atomic E-state index is 0.0912. The average molecular weight is 508 g/mol. The van der Waals surface area contributed by atoms with Gasteiger partial charge in [-0.1, -0.05) is 17.7 Å². The van der Waals surface area contributed by atoms with Crippen LogP contribution in [0.15, 0.2) is 65.9 Å². The lowest BCUT2D eigenvalue weighted by Crippen LogP contribution is -2.94. The van der Waals surface area contributed by atoms with E-state index in [1.807, 2.05) is 28.5 Å². The topological polar surface area (TPSA) is 68.4 Å². The number of allylic oxidation sites excluding steroid dienone is 1. The molecule has 35 heavy (non-hydrogen) atoms. The lowest BCUT2D eigenvalue weighted by molar-refractivity contribution is -0.659.